The van der Waals surface area contributed by atoms with Crippen LogP contribution in [0.2, 0.25) is 5.02 Å². The molecular formula is C19H16ClN3O5. The predicted molar refractivity (Wildman–Crippen MR) is 104 cm³/mol. The predicted octanol–water partition coefficient (Wildman–Crippen LogP) is 2.39. The number of ether oxygens (including phenoxy) is 2. The maximum absolute atomic E-state index is 12.4. The average molecular weight is 402 g/mol. The summed E-state index contributed by atoms with van der Waals surface area (Å²) in [7, 11) is 2.92. The van der Waals surface area contributed by atoms with E-state index >= 15 is 0 Å². The van der Waals surface area contributed by atoms with Crippen LogP contribution in [0.15, 0.2) is 47.3 Å². The molecule has 0 aliphatic carbocycles. The quantitative estimate of drug-likeness (QED) is 0.659. The van der Waals surface area contributed by atoms with E-state index in [-0.39, 0.29) is 11.3 Å². The topological polar surface area (TPSA) is 99.5 Å². The summed E-state index contributed by atoms with van der Waals surface area (Å²) in [5.74, 6) is -0.892. The molecule has 28 heavy (non-hydrogen) atoms. The number of aromatic nitrogens is 2. The molecular weight excluding hydrogens is 386 g/mol. The van der Waals surface area contributed by atoms with E-state index in [1.54, 1.807) is 36.4 Å². The highest BCUT2D eigenvalue weighted by molar-refractivity contribution is 6.32. The van der Waals surface area contributed by atoms with Gasteiger partial charge in [0.05, 0.1) is 17.5 Å². The number of fused-ring (bicyclic) bond motifs is 1. The summed E-state index contributed by atoms with van der Waals surface area (Å²) >= 11 is 6.01. The van der Waals surface area contributed by atoms with Crippen molar-refractivity contribution in [2.24, 2.45) is 7.05 Å². The molecule has 0 saturated heterocycles. The molecule has 144 valence electrons. The number of esters is 1. The maximum Gasteiger partial charge on any atom is 0.359 e. The summed E-state index contributed by atoms with van der Waals surface area (Å²) < 4.78 is 11.1. The summed E-state index contributed by atoms with van der Waals surface area (Å²) in [6, 6.07) is 11.3. The fourth-order valence-corrected chi connectivity index (χ4v) is 2.85. The molecule has 0 aliphatic rings. The molecule has 1 amide bonds. The summed E-state index contributed by atoms with van der Waals surface area (Å²) in [5.41, 5.74) is 0.0526. The zero-order valence-electron chi connectivity index (χ0n) is 15.1. The fraction of sp³-hybridized carbons (Fsp3) is 0.158. The number of rotatable bonds is 5. The van der Waals surface area contributed by atoms with Gasteiger partial charge in [-0.25, -0.2) is 9.48 Å². The minimum absolute atomic E-state index is 0.0435. The molecule has 0 spiro atoms. The van der Waals surface area contributed by atoms with E-state index in [1.165, 1.54) is 20.2 Å². The Morgan fingerprint density at radius 2 is 1.89 bits per heavy atom. The lowest BCUT2D eigenvalue weighted by atomic mass is 10.1. The van der Waals surface area contributed by atoms with Crippen LogP contribution in [0.4, 0.5) is 5.69 Å². The van der Waals surface area contributed by atoms with Gasteiger partial charge >= 0.3 is 5.97 Å². The van der Waals surface area contributed by atoms with Crippen LogP contribution in [0.3, 0.4) is 0 Å². The minimum Gasteiger partial charge on any atom is -0.495 e. The van der Waals surface area contributed by atoms with Crippen molar-refractivity contribution in [1.29, 1.82) is 0 Å². The molecule has 3 rings (SSSR count). The van der Waals surface area contributed by atoms with Crippen molar-refractivity contribution in [1.82, 2.24) is 9.78 Å². The molecule has 0 bridgehead atoms. The Balaban J connectivity index is 1.71. The number of hydrogen-bond acceptors (Lipinski definition) is 6. The van der Waals surface area contributed by atoms with Gasteiger partial charge in [-0.15, -0.1) is 0 Å². The van der Waals surface area contributed by atoms with E-state index < -0.39 is 18.5 Å². The SMILES string of the molecule is COc1ccc(NC(=O)COC(=O)c2nn(C)c(=O)c3ccccc23)cc1Cl. The Morgan fingerprint density at radius 3 is 2.57 bits per heavy atom. The number of carbonyl (C=O) groups is 2. The van der Waals surface area contributed by atoms with Gasteiger partial charge in [-0.05, 0) is 24.3 Å². The van der Waals surface area contributed by atoms with E-state index in [0.717, 1.165) is 4.68 Å². The zero-order valence-corrected chi connectivity index (χ0v) is 15.8. The number of carbonyl (C=O) groups excluding carboxylic acids is 2. The van der Waals surface area contributed by atoms with E-state index in [2.05, 4.69) is 10.4 Å². The number of hydrogen-bond donors (Lipinski definition) is 1. The molecule has 1 N–H and O–H groups in total. The van der Waals surface area contributed by atoms with Crippen LogP contribution in [-0.4, -0.2) is 35.4 Å². The van der Waals surface area contributed by atoms with Gasteiger partial charge in [0, 0.05) is 18.1 Å². The number of aryl methyl sites for hydroxylation is 1. The third kappa shape index (κ3) is 3.96. The van der Waals surface area contributed by atoms with Gasteiger partial charge in [0.15, 0.2) is 12.3 Å². The highest BCUT2D eigenvalue weighted by atomic mass is 35.5. The highest BCUT2D eigenvalue weighted by Gasteiger charge is 2.18. The lowest BCUT2D eigenvalue weighted by molar-refractivity contribution is -0.119. The van der Waals surface area contributed by atoms with Crippen molar-refractivity contribution in [3.05, 3.63) is 63.5 Å². The van der Waals surface area contributed by atoms with Gasteiger partial charge in [0.25, 0.3) is 11.5 Å². The van der Waals surface area contributed by atoms with E-state index in [4.69, 9.17) is 21.1 Å². The molecule has 0 aliphatic heterocycles. The summed E-state index contributed by atoms with van der Waals surface area (Å²) in [6.45, 7) is -0.526. The first kappa shape index (κ1) is 19.4. The van der Waals surface area contributed by atoms with E-state index in [9.17, 15) is 14.4 Å². The van der Waals surface area contributed by atoms with Crippen molar-refractivity contribution in [2.45, 2.75) is 0 Å². The standard InChI is InChI=1S/C19H16ClN3O5/c1-23-18(25)13-6-4-3-5-12(13)17(22-23)19(26)28-10-16(24)21-11-7-8-15(27-2)14(20)9-11/h3-9H,10H2,1-2H3,(H,21,24). The number of anilines is 1. The van der Waals surface area contributed by atoms with Gasteiger partial charge in [-0.2, -0.15) is 5.10 Å². The Labute approximate surface area is 164 Å². The first-order valence-electron chi connectivity index (χ1n) is 8.17. The van der Waals surface area contributed by atoms with Crippen molar-refractivity contribution < 1.29 is 19.1 Å². The van der Waals surface area contributed by atoms with Crippen LogP contribution in [-0.2, 0) is 16.6 Å². The fourth-order valence-electron chi connectivity index (χ4n) is 2.59. The number of halogens is 1. The van der Waals surface area contributed by atoms with Crippen LogP contribution < -0.4 is 15.6 Å². The third-order valence-corrected chi connectivity index (χ3v) is 4.22. The van der Waals surface area contributed by atoms with Crippen molar-refractivity contribution in [2.75, 3.05) is 19.0 Å². The molecule has 0 unspecified atom stereocenters. The Morgan fingerprint density at radius 1 is 1.18 bits per heavy atom. The Kier molecular flexibility index (Phi) is 5.60. The van der Waals surface area contributed by atoms with Crippen LogP contribution in [0.1, 0.15) is 10.5 Å². The van der Waals surface area contributed by atoms with Crippen LogP contribution in [0.25, 0.3) is 10.8 Å². The normalized spacial score (nSPS) is 10.5. The van der Waals surface area contributed by atoms with Gasteiger partial charge in [-0.1, -0.05) is 29.8 Å². The lowest BCUT2D eigenvalue weighted by Gasteiger charge is -2.10. The molecule has 9 heteroatoms. The number of nitrogens with zero attached hydrogens (tertiary/aromatic N) is 2. The monoisotopic (exact) mass is 401 g/mol. The Bertz CT molecular complexity index is 1130. The first-order valence-corrected chi connectivity index (χ1v) is 8.55. The van der Waals surface area contributed by atoms with E-state index in [1.807, 2.05) is 0 Å². The van der Waals surface area contributed by atoms with Crippen LogP contribution in [0.5, 0.6) is 5.75 Å². The number of benzene rings is 2. The Hall–Kier alpha value is -3.39. The average Bonchev–Trinajstić information content (AvgIpc) is 2.69. The molecule has 0 radical (unpaired) electrons. The number of nitrogens with one attached hydrogen (secondary N) is 1. The molecule has 1 heterocycles. The summed E-state index contributed by atoms with van der Waals surface area (Å²) in [4.78, 5) is 36.6. The number of methoxy groups -OCH3 is 1. The largest absolute Gasteiger partial charge is 0.495 e. The maximum atomic E-state index is 12.4. The molecule has 8 nitrogen and oxygen atoms in total. The minimum atomic E-state index is -0.810. The van der Waals surface area contributed by atoms with Crippen molar-refractivity contribution >= 4 is 39.9 Å². The second-order valence-electron chi connectivity index (χ2n) is 5.80. The van der Waals surface area contributed by atoms with Crippen molar-refractivity contribution in [3.8, 4) is 5.75 Å². The summed E-state index contributed by atoms with van der Waals surface area (Å²) in [6.07, 6.45) is 0. The highest BCUT2D eigenvalue weighted by Crippen LogP contribution is 2.27. The van der Waals surface area contributed by atoms with Gasteiger partial charge in [-0.3, -0.25) is 9.59 Å². The second kappa shape index (κ2) is 8.10. The zero-order chi connectivity index (χ0) is 20.3. The first-order chi connectivity index (χ1) is 13.4. The lowest BCUT2D eigenvalue weighted by Crippen LogP contribution is -2.26. The van der Waals surface area contributed by atoms with Gasteiger partial charge in [0.1, 0.15) is 5.75 Å². The van der Waals surface area contributed by atoms with E-state index in [0.29, 0.717) is 27.2 Å². The molecule has 0 saturated carbocycles. The molecule has 3 aromatic rings. The van der Waals surface area contributed by atoms with Gasteiger partial charge in [0.2, 0.25) is 0 Å². The summed E-state index contributed by atoms with van der Waals surface area (Å²) in [5, 5.41) is 7.55. The molecule has 2 aromatic carbocycles. The third-order valence-electron chi connectivity index (χ3n) is 3.92. The molecule has 1 aromatic heterocycles. The number of amides is 1. The van der Waals surface area contributed by atoms with Crippen molar-refractivity contribution in [3.63, 3.8) is 0 Å². The van der Waals surface area contributed by atoms with Crippen LogP contribution in [0, 0.1) is 0 Å². The molecule has 0 fully saturated rings. The smallest absolute Gasteiger partial charge is 0.359 e. The second-order valence-corrected chi connectivity index (χ2v) is 6.20. The van der Waals surface area contributed by atoms with Crippen LogP contribution >= 0.6 is 11.6 Å². The van der Waals surface area contributed by atoms with Gasteiger partial charge < -0.3 is 14.8 Å². The molecule has 0 atom stereocenters.